The number of hydrogen-bond donors (Lipinski definition) is 0. The van der Waals surface area contributed by atoms with Gasteiger partial charge in [-0.1, -0.05) is 22.9 Å². The van der Waals surface area contributed by atoms with Gasteiger partial charge in [0.1, 0.15) is 11.6 Å². The summed E-state index contributed by atoms with van der Waals surface area (Å²) in [4.78, 5) is 0. The summed E-state index contributed by atoms with van der Waals surface area (Å²) in [7, 11) is 2.04. The van der Waals surface area contributed by atoms with E-state index in [-0.39, 0.29) is 0 Å². The summed E-state index contributed by atoms with van der Waals surface area (Å²) < 4.78 is 7.54. The molecule has 1 aliphatic rings. The Labute approximate surface area is 98.2 Å². The molecule has 1 aromatic rings. The number of nitrogens with zero attached hydrogens (tertiary/aromatic N) is 3. The minimum absolute atomic E-state index is 0.490. The van der Waals surface area contributed by atoms with Crippen LogP contribution in [0.2, 0.25) is 0 Å². The van der Waals surface area contributed by atoms with Crippen molar-refractivity contribution in [2.24, 2.45) is 13.0 Å². The zero-order chi connectivity index (χ0) is 10.8. The Bertz CT molecular complexity index is 339. The fraction of sp³-hybridized carbons (Fsp3) is 0.800. The second-order valence-electron chi connectivity index (χ2n) is 4.11. The van der Waals surface area contributed by atoms with Crippen molar-refractivity contribution in [2.45, 2.75) is 24.6 Å². The van der Waals surface area contributed by atoms with E-state index in [1.165, 1.54) is 0 Å². The smallest absolute Gasteiger partial charge is 0.143 e. The Morgan fingerprint density at radius 2 is 2.33 bits per heavy atom. The van der Waals surface area contributed by atoms with E-state index in [0.717, 1.165) is 36.6 Å². The van der Waals surface area contributed by atoms with Gasteiger partial charge in [-0.25, -0.2) is 0 Å². The molecule has 2 rings (SSSR count). The summed E-state index contributed by atoms with van der Waals surface area (Å²) in [6.45, 7) is 3.89. The van der Waals surface area contributed by atoms with Crippen molar-refractivity contribution in [3.8, 4) is 0 Å². The summed E-state index contributed by atoms with van der Waals surface area (Å²) in [6.07, 6.45) is 1.05. The van der Waals surface area contributed by atoms with Crippen molar-refractivity contribution in [1.82, 2.24) is 14.8 Å². The molecule has 84 valence electrons. The second kappa shape index (κ2) is 4.61. The van der Waals surface area contributed by atoms with E-state index in [1.54, 1.807) is 0 Å². The maximum atomic E-state index is 5.44. The lowest BCUT2D eigenvalue weighted by atomic mass is 9.89. The molecule has 0 spiro atoms. The van der Waals surface area contributed by atoms with Crippen LogP contribution in [0.25, 0.3) is 0 Å². The molecule has 1 aliphatic heterocycles. The predicted octanol–water partition coefficient (Wildman–Crippen LogP) is 1.85. The van der Waals surface area contributed by atoms with Crippen molar-refractivity contribution in [2.75, 3.05) is 13.2 Å². The van der Waals surface area contributed by atoms with Gasteiger partial charge < -0.3 is 9.30 Å². The van der Waals surface area contributed by atoms with Gasteiger partial charge in [0.25, 0.3) is 0 Å². The molecule has 4 nitrogen and oxygen atoms in total. The first-order chi connectivity index (χ1) is 7.24. The molecule has 2 unspecified atom stereocenters. The standard InChI is InChI=1S/C10H16BrN3O/c1-7-6-15-4-3-8(7)10-13-12-9(5-11)14(10)2/h7-8H,3-6H2,1-2H3. The van der Waals surface area contributed by atoms with Crippen LogP contribution in [0.1, 0.15) is 30.9 Å². The first-order valence-corrected chi connectivity index (χ1v) is 6.38. The third kappa shape index (κ3) is 2.08. The van der Waals surface area contributed by atoms with Crippen molar-refractivity contribution >= 4 is 15.9 Å². The van der Waals surface area contributed by atoms with Crippen LogP contribution in [0.15, 0.2) is 0 Å². The SMILES string of the molecule is CC1COCCC1c1nnc(CBr)n1C. The Morgan fingerprint density at radius 1 is 1.53 bits per heavy atom. The van der Waals surface area contributed by atoms with E-state index in [1.807, 2.05) is 7.05 Å². The number of ether oxygens (including phenoxy) is 1. The van der Waals surface area contributed by atoms with Crippen LogP contribution < -0.4 is 0 Å². The van der Waals surface area contributed by atoms with E-state index in [9.17, 15) is 0 Å². The lowest BCUT2D eigenvalue weighted by Crippen LogP contribution is -2.25. The summed E-state index contributed by atoms with van der Waals surface area (Å²) in [6, 6.07) is 0. The third-order valence-electron chi connectivity index (χ3n) is 3.09. The van der Waals surface area contributed by atoms with Crippen LogP contribution in [0.5, 0.6) is 0 Å². The van der Waals surface area contributed by atoms with Crippen LogP contribution in [-0.2, 0) is 17.1 Å². The second-order valence-corrected chi connectivity index (χ2v) is 4.68. The molecule has 15 heavy (non-hydrogen) atoms. The number of hydrogen-bond acceptors (Lipinski definition) is 3. The molecule has 2 atom stereocenters. The van der Waals surface area contributed by atoms with Gasteiger partial charge >= 0.3 is 0 Å². The monoisotopic (exact) mass is 273 g/mol. The van der Waals surface area contributed by atoms with E-state index >= 15 is 0 Å². The highest BCUT2D eigenvalue weighted by atomic mass is 79.9. The molecule has 1 saturated heterocycles. The molecule has 5 heteroatoms. The Morgan fingerprint density at radius 3 is 2.93 bits per heavy atom. The van der Waals surface area contributed by atoms with Gasteiger partial charge in [-0.15, -0.1) is 10.2 Å². The van der Waals surface area contributed by atoms with E-state index in [4.69, 9.17) is 4.74 Å². The average molecular weight is 274 g/mol. The largest absolute Gasteiger partial charge is 0.381 e. The van der Waals surface area contributed by atoms with Gasteiger partial charge in [0.2, 0.25) is 0 Å². The number of alkyl halides is 1. The van der Waals surface area contributed by atoms with E-state index in [0.29, 0.717) is 11.8 Å². The van der Waals surface area contributed by atoms with Gasteiger partial charge in [-0.2, -0.15) is 0 Å². The van der Waals surface area contributed by atoms with Crippen LogP contribution in [0, 0.1) is 5.92 Å². The van der Waals surface area contributed by atoms with Gasteiger partial charge in [0, 0.05) is 26.2 Å². The fourth-order valence-electron chi connectivity index (χ4n) is 2.08. The molecule has 0 bridgehead atoms. The van der Waals surface area contributed by atoms with Gasteiger partial charge in [0.05, 0.1) is 5.33 Å². The summed E-state index contributed by atoms with van der Waals surface area (Å²) in [5.74, 6) is 3.11. The van der Waals surface area contributed by atoms with Gasteiger partial charge in [-0.3, -0.25) is 0 Å². The third-order valence-corrected chi connectivity index (χ3v) is 3.59. The highest BCUT2D eigenvalue weighted by molar-refractivity contribution is 9.08. The molecule has 0 radical (unpaired) electrons. The fourth-order valence-corrected chi connectivity index (χ4v) is 2.57. The normalized spacial score (nSPS) is 26.9. The maximum Gasteiger partial charge on any atom is 0.143 e. The summed E-state index contributed by atoms with van der Waals surface area (Å²) in [5, 5.41) is 9.22. The Kier molecular flexibility index (Phi) is 3.41. The number of halogens is 1. The Balaban J connectivity index is 2.23. The number of aromatic nitrogens is 3. The molecular formula is C10H16BrN3O. The number of rotatable bonds is 2. The molecule has 2 heterocycles. The van der Waals surface area contributed by atoms with Crippen molar-refractivity contribution in [3.63, 3.8) is 0 Å². The van der Waals surface area contributed by atoms with E-state index < -0.39 is 0 Å². The molecule has 0 saturated carbocycles. The van der Waals surface area contributed by atoms with Crippen molar-refractivity contribution < 1.29 is 4.74 Å². The van der Waals surface area contributed by atoms with Crippen LogP contribution in [0.4, 0.5) is 0 Å². The summed E-state index contributed by atoms with van der Waals surface area (Å²) >= 11 is 3.41. The van der Waals surface area contributed by atoms with Gasteiger partial charge in [0.15, 0.2) is 0 Å². The lowest BCUT2D eigenvalue weighted by molar-refractivity contribution is 0.0445. The molecule has 1 aromatic heterocycles. The topological polar surface area (TPSA) is 39.9 Å². The maximum absolute atomic E-state index is 5.44. The predicted molar refractivity (Wildman–Crippen MR) is 61.0 cm³/mol. The highest BCUT2D eigenvalue weighted by Gasteiger charge is 2.27. The molecule has 0 aliphatic carbocycles. The molecule has 0 N–H and O–H groups in total. The first-order valence-electron chi connectivity index (χ1n) is 5.26. The lowest BCUT2D eigenvalue weighted by Gasteiger charge is -2.27. The van der Waals surface area contributed by atoms with Crippen molar-refractivity contribution in [1.29, 1.82) is 0 Å². The van der Waals surface area contributed by atoms with Crippen LogP contribution >= 0.6 is 15.9 Å². The van der Waals surface area contributed by atoms with E-state index in [2.05, 4.69) is 37.6 Å². The van der Waals surface area contributed by atoms with Crippen molar-refractivity contribution in [3.05, 3.63) is 11.6 Å². The molecule has 1 fully saturated rings. The Hall–Kier alpha value is -0.420. The molecular weight excluding hydrogens is 258 g/mol. The molecule has 0 aromatic carbocycles. The van der Waals surface area contributed by atoms with Gasteiger partial charge in [-0.05, 0) is 12.3 Å². The zero-order valence-corrected chi connectivity index (χ0v) is 10.7. The quantitative estimate of drug-likeness (QED) is 0.773. The highest BCUT2D eigenvalue weighted by Crippen LogP contribution is 2.30. The zero-order valence-electron chi connectivity index (χ0n) is 9.11. The van der Waals surface area contributed by atoms with Crippen LogP contribution in [0.3, 0.4) is 0 Å². The minimum atomic E-state index is 0.490. The summed E-state index contributed by atoms with van der Waals surface area (Å²) in [5.41, 5.74) is 0. The minimum Gasteiger partial charge on any atom is -0.381 e. The average Bonchev–Trinajstić information content (AvgIpc) is 2.60. The molecule has 0 amide bonds. The van der Waals surface area contributed by atoms with Crippen LogP contribution in [-0.4, -0.2) is 28.0 Å². The first kappa shape index (κ1) is 11.1.